The highest BCUT2D eigenvalue weighted by Gasteiger charge is 2.17. The molecule has 4 heteroatoms. The van der Waals surface area contributed by atoms with Crippen LogP contribution in [0.5, 0.6) is 0 Å². The molecule has 1 aromatic heterocycles. The van der Waals surface area contributed by atoms with Gasteiger partial charge in [-0.05, 0) is 37.8 Å². The fourth-order valence-electron chi connectivity index (χ4n) is 3.14. The average molecular weight is 309 g/mol. The second kappa shape index (κ2) is 7.69. The Morgan fingerprint density at radius 2 is 1.05 bits per heavy atom. The van der Waals surface area contributed by atoms with Crippen molar-refractivity contribution in [1.82, 2.24) is 10.2 Å². The van der Waals surface area contributed by atoms with Gasteiger partial charge < -0.3 is 0 Å². The normalized spacial score (nSPS) is 22.0. The van der Waals surface area contributed by atoms with Crippen molar-refractivity contribution in [3.63, 3.8) is 0 Å². The summed E-state index contributed by atoms with van der Waals surface area (Å²) in [5.41, 5.74) is 0. The molecule has 0 bridgehead atoms. The van der Waals surface area contributed by atoms with Gasteiger partial charge in [-0.1, -0.05) is 38.5 Å². The molecule has 2 aliphatic carbocycles. The Bertz CT molecular complexity index is 356. The smallest absolute Gasteiger partial charge is 0.119 e. The van der Waals surface area contributed by atoms with Crippen LogP contribution in [0.15, 0.2) is 22.2 Å². The molecule has 2 fully saturated rings. The lowest BCUT2D eigenvalue weighted by Crippen LogP contribution is -2.09. The van der Waals surface area contributed by atoms with E-state index in [1.54, 1.807) is 0 Å². The van der Waals surface area contributed by atoms with Crippen LogP contribution in [-0.4, -0.2) is 20.7 Å². The van der Waals surface area contributed by atoms with Crippen molar-refractivity contribution in [3.8, 4) is 0 Å². The Balaban J connectivity index is 1.51. The zero-order valence-electron chi connectivity index (χ0n) is 12.1. The largest absolute Gasteiger partial charge is 0.143 e. The number of hydrogen-bond donors (Lipinski definition) is 0. The van der Waals surface area contributed by atoms with Gasteiger partial charge in [0.2, 0.25) is 0 Å². The Hall–Kier alpha value is -0.220. The third-order valence-electron chi connectivity index (χ3n) is 4.29. The summed E-state index contributed by atoms with van der Waals surface area (Å²) in [5, 5.41) is 12.6. The van der Waals surface area contributed by atoms with Crippen molar-refractivity contribution in [2.24, 2.45) is 0 Å². The molecule has 0 aliphatic heterocycles. The molecule has 0 spiro atoms. The maximum atomic E-state index is 4.43. The average Bonchev–Trinajstić information content (AvgIpc) is 2.51. The first-order valence-corrected chi connectivity index (χ1v) is 9.83. The van der Waals surface area contributed by atoms with Crippen molar-refractivity contribution in [3.05, 3.63) is 12.1 Å². The third kappa shape index (κ3) is 4.39. The molecule has 0 aromatic carbocycles. The van der Waals surface area contributed by atoms with Gasteiger partial charge in [0.15, 0.2) is 0 Å². The van der Waals surface area contributed by atoms with E-state index >= 15 is 0 Å². The van der Waals surface area contributed by atoms with E-state index in [-0.39, 0.29) is 0 Å². The zero-order valence-corrected chi connectivity index (χ0v) is 13.7. The first-order chi connectivity index (χ1) is 9.90. The molecule has 3 rings (SSSR count). The molecule has 1 heterocycles. The van der Waals surface area contributed by atoms with Gasteiger partial charge in [0, 0.05) is 10.5 Å². The van der Waals surface area contributed by atoms with Crippen LogP contribution in [0.3, 0.4) is 0 Å². The molecule has 2 nitrogen and oxygen atoms in total. The van der Waals surface area contributed by atoms with Gasteiger partial charge in [0.05, 0.1) is 0 Å². The standard InChI is InChI=1S/C16H24N2S2/c1-3-7-13(8-4-1)19-15-11-12-16(18-17-15)20-14-9-5-2-6-10-14/h11-14H,1-10H2. The molecule has 0 atom stereocenters. The van der Waals surface area contributed by atoms with Gasteiger partial charge in [0.1, 0.15) is 10.1 Å². The van der Waals surface area contributed by atoms with E-state index in [2.05, 4.69) is 22.3 Å². The van der Waals surface area contributed by atoms with Crippen molar-refractivity contribution < 1.29 is 0 Å². The van der Waals surface area contributed by atoms with Crippen LogP contribution in [-0.2, 0) is 0 Å². The molecule has 2 saturated carbocycles. The van der Waals surface area contributed by atoms with Crippen LogP contribution in [0.25, 0.3) is 0 Å². The Kier molecular flexibility index (Phi) is 5.66. The third-order valence-corrected chi connectivity index (χ3v) is 6.82. The highest BCUT2D eigenvalue weighted by Crippen LogP contribution is 2.35. The predicted octanol–water partition coefficient (Wildman–Crippen LogP) is 5.33. The van der Waals surface area contributed by atoms with Crippen LogP contribution in [0.4, 0.5) is 0 Å². The first kappa shape index (κ1) is 14.7. The summed E-state index contributed by atoms with van der Waals surface area (Å²) in [6, 6.07) is 4.36. The minimum absolute atomic E-state index is 0.773. The monoisotopic (exact) mass is 308 g/mol. The van der Waals surface area contributed by atoms with Crippen molar-refractivity contribution >= 4 is 23.5 Å². The minimum Gasteiger partial charge on any atom is -0.143 e. The summed E-state index contributed by atoms with van der Waals surface area (Å²) >= 11 is 3.87. The van der Waals surface area contributed by atoms with Gasteiger partial charge in [-0.15, -0.1) is 33.7 Å². The Morgan fingerprint density at radius 1 is 0.650 bits per heavy atom. The number of aromatic nitrogens is 2. The summed E-state index contributed by atoms with van der Waals surface area (Å²) in [7, 11) is 0. The first-order valence-electron chi connectivity index (χ1n) is 8.07. The lowest BCUT2D eigenvalue weighted by atomic mass is 10.0. The van der Waals surface area contributed by atoms with E-state index in [1.165, 1.54) is 64.2 Å². The Morgan fingerprint density at radius 3 is 1.40 bits per heavy atom. The lowest BCUT2D eigenvalue weighted by molar-refractivity contribution is 0.515. The van der Waals surface area contributed by atoms with Gasteiger partial charge in [-0.3, -0.25) is 0 Å². The molecule has 0 unspecified atom stereocenters. The molecule has 0 amide bonds. The number of rotatable bonds is 4. The maximum absolute atomic E-state index is 4.43. The van der Waals surface area contributed by atoms with Crippen LogP contribution < -0.4 is 0 Å². The fourth-order valence-corrected chi connectivity index (χ4v) is 5.43. The molecule has 0 N–H and O–H groups in total. The van der Waals surface area contributed by atoms with E-state index in [4.69, 9.17) is 0 Å². The second-order valence-electron chi connectivity index (χ2n) is 5.97. The van der Waals surface area contributed by atoms with Crippen LogP contribution in [0, 0.1) is 0 Å². The number of hydrogen-bond acceptors (Lipinski definition) is 4. The van der Waals surface area contributed by atoms with Crippen molar-refractivity contribution in [2.45, 2.75) is 84.8 Å². The number of thioether (sulfide) groups is 2. The summed E-state index contributed by atoms with van der Waals surface area (Å²) in [6.45, 7) is 0. The van der Waals surface area contributed by atoms with E-state index < -0.39 is 0 Å². The molecule has 0 saturated heterocycles. The van der Waals surface area contributed by atoms with Crippen LogP contribution in [0.1, 0.15) is 64.2 Å². The molecule has 2 aliphatic rings. The van der Waals surface area contributed by atoms with Crippen LogP contribution in [0.2, 0.25) is 0 Å². The molecular formula is C16H24N2S2. The summed E-state index contributed by atoms with van der Waals surface area (Å²) < 4.78 is 0. The summed E-state index contributed by atoms with van der Waals surface area (Å²) in [6.07, 6.45) is 13.8. The molecule has 1 aromatic rings. The highest BCUT2D eigenvalue weighted by atomic mass is 32.2. The van der Waals surface area contributed by atoms with Gasteiger partial charge in [0.25, 0.3) is 0 Å². The zero-order chi connectivity index (χ0) is 13.6. The maximum Gasteiger partial charge on any atom is 0.119 e. The highest BCUT2D eigenvalue weighted by molar-refractivity contribution is 8.00. The van der Waals surface area contributed by atoms with E-state index in [0.29, 0.717) is 0 Å². The molecule has 110 valence electrons. The Labute approximate surface area is 130 Å². The molecule has 0 radical (unpaired) electrons. The summed E-state index contributed by atoms with van der Waals surface area (Å²) in [4.78, 5) is 0. The van der Waals surface area contributed by atoms with Gasteiger partial charge in [-0.25, -0.2) is 0 Å². The van der Waals surface area contributed by atoms with E-state index in [9.17, 15) is 0 Å². The SMILES string of the molecule is c1cc(SC2CCCCC2)nnc1SC1CCCCC1. The molecule has 20 heavy (non-hydrogen) atoms. The lowest BCUT2D eigenvalue weighted by Gasteiger charge is -2.21. The summed E-state index contributed by atoms with van der Waals surface area (Å²) in [5.74, 6) is 0. The van der Waals surface area contributed by atoms with Crippen LogP contribution >= 0.6 is 23.5 Å². The quantitative estimate of drug-likeness (QED) is 0.751. The van der Waals surface area contributed by atoms with Crippen molar-refractivity contribution in [1.29, 1.82) is 0 Å². The van der Waals surface area contributed by atoms with E-state index in [0.717, 1.165) is 20.6 Å². The minimum atomic E-state index is 0.773. The van der Waals surface area contributed by atoms with Gasteiger partial charge in [-0.2, -0.15) is 0 Å². The molecular weight excluding hydrogens is 284 g/mol. The predicted molar refractivity (Wildman–Crippen MR) is 87.5 cm³/mol. The topological polar surface area (TPSA) is 25.8 Å². The second-order valence-corrected chi connectivity index (χ2v) is 8.61. The van der Waals surface area contributed by atoms with Gasteiger partial charge >= 0.3 is 0 Å². The van der Waals surface area contributed by atoms with Crippen molar-refractivity contribution in [2.75, 3.05) is 0 Å². The number of nitrogens with zero attached hydrogens (tertiary/aromatic N) is 2. The fraction of sp³-hybridized carbons (Fsp3) is 0.750. The van der Waals surface area contributed by atoms with E-state index in [1.807, 2.05) is 23.5 Å².